The van der Waals surface area contributed by atoms with Gasteiger partial charge in [0.2, 0.25) is 5.69 Å². The summed E-state index contributed by atoms with van der Waals surface area (Å²) in [6.07, 6.45) is 5.56. The topological polar surface area (TPSA) is 57.7 Å². The predicted molar refractivity (Wildman–Crippen MR) is 90.7 cm³/mol. The quantitative estimate of drug-likeness (QED) is 0.867. The van der Waals surface area contributed by atoms with Crippen molar-refractivity contribution in [2.75, 3.05) is 11.4 Å². The highest BCUT2D eigenvalue weighted by Crippen LogP contribution is 2.27. The summed E-state index contributed by atoms with van der Waals surface area (Å²) in [6.45, 7) is 5.28. The van der Waals surface area contributed by atoms with Crippen molar-refractivity contribution < 1.29 is 0 Å². The second-order valence-corrected chi connectivity index (χ2v) is 6.01. The Labute approximate surface area is 137 Å². The molecule has 1 aliphatic heterocycles. The molecule has 3 rings (SSSR count). The molecule has 2 aromatic rings. The zero-order valence-electron chi connectivity index (χ0n) is 13.9. The third kappa shape index (κ3) is 2.94. The van der Waals surface area contributed by atoms with Gasteiger partial charge < -0.3 is 4.90 Å². The number of nitriles is 1. The minimum Gasteiger partial charge on any atom is -0.350 e. The molecular weight excluding hydrogens is 286 g/mol. The first-order valence-corrected chi connectivity index (χ1v) is 8.50. The van der Waals surface area contributed by atoms with Crippen molar-refractivity contribution in [1.29, 1.82) is 5.26 Å². The zero-order valence-corrected chi connectivity index (χ0v) is 13.9. The Kier molecular flexibility index (Phi) is 4.61. The molecular formula is C18H23N5. The maximum Gasteiger partial charge on any atom is 0.207 e. The molecule has 23 heavy (non-hydrogen) atoms. The van der Waals surface area contributed by atoms with Crippen LogP contribution in [-0.2, 0) is 6.42 Å². The molecule has 1 saturated heterocycles. The van der Waals surface area contributed by atoms with Gasteiger partial charge in [-0.05, 0) is 43.7 Å². The largest absolute Gasteiger partial charge is 0.350 e. The lowest BCUT2D eigenvalue weighted by molar-refractivity contribution is 0.445. The molecule has 2 heterocycles. The van der Waals surface area contributed by atoms with Crippen molar-refractivity contribution in [1.82, 2.24) is 15.0 Å². The molecule has 0 bridgehead atoms. The first-order chi connectivity index (χ1) is 11.3. The van der Waals surface area contributed by atoms with Crippen molar-refractivity contribution in [3.05, 3.63) is 35.5 Å². The summed E-state index contributed by atoms with van der Waals surface area (Å²) in [6, 6.07) is 10.8. The standard InChI is InChI=1S/C18H23N5/c1-3-14-9-5-6-11-17(14)23-20-16(13-19)18(21-23)22-12-8-7-10-15(22)4-2/h5-6,9,11,15H,3-4,7-8,10,12H2,1-2H3/t15-/m1/s1. The van der Waals surface area contributed by atoms with Gasteiger partial charge in [0.25, 0.3) is 0 Å². The molecule has 0 saturated carbocycles. The van der Waals surface area contributed by atoms with E-state index in [-0.39, 0.29) is 0 Å². The van der Waals surface area contributed by atoms with E-state index in [2.05, 4.69) is 36.0 Å². The van der Waals surface area contributed by atoms with Crippen molar-refractivity contribution in [3.63, 3.8) is 0 Å². The Morgan fingerprint density at radius 3 is 2.78 bits per heavy atom. The van der Waals surface area contributed by atoms with Crippen LogP contribution >= 0.6 is 0 Å². The van der Waals surface area contributed by atoms with Crippen LogP contribution in [0.3, 0.4) is 0 Å². The lowest BCUT2D eigenvalue weighted by Gasteiger charge is -2.35. The van der Waals surface area contributed by atoms with E-state index in [1.807, 2.05) is 18.2 Å². The van der Waals surface area contributed by atoms with Gasteiger partial charge >= 0.3 is 0 Å². The third-order valence-electron chi connectivity index (χ3n) is 4.66. The Hall–Kier alpha value is -2.35. The highest BCUT2D eigenvalue weighted by atomic mass is 15.5. The molecule has 0 unspecified atom stereocenters. The lowest BCUT2D eigenvalue weighted by Crippen LogP contribution is -2.39. The Morgan fingerprint density at radius 2 is 2.04 bits per heavy atom. The number of nitrogens with zero attached hydrogens (tertiary/aromatic N) is 5. The first kappa shape index (κ1) is 15.5. The summed E-state index contributed by atoms with van der Waals surface area (Å²) >= 11 is 0. The third-order valence-corrected chi connectivity index (χ3v) is 4.66. The highest BCUT2D eigenvalue weighted by Gasteiger charge is 2.27. The summed E-state index contributed by atoms with van der Waals surface area (Å²) in [5.74, 6) is 0.741. The van der Waals surface area contributed by atoms with Crippen LogP contribution in [0, 0.1) is 11.3 Å². The van der Waals surface area contributed by atoms with E-state index in [0.717, 1.165) is 37.3 Å². The summed E-state index contributed by atoms with van der Waals surface area (Å²) in [5, 5.41) is 18.6. The number of hydrogen-bond donors (Lipinski definition) is 0. The van der Waals surface area contributed by atoms with Crippen LogP contribution in [-0.4, -0.2) is 27.6 Å². The minimum atomic E-state index is 0.427. The number of hydrogen-bond acceptors (Lipinski definition) is 4. The monoisotopic (exact) mass is 309 g/mol. The van der Waals surface area contributed by atoms with Crippen LogP contribution in [0.1, 0.15) is 50.8 Å². The summed E-state index contributed by atoms with van der Waals surface area (Å²) in [4.78, 5) is 3.91. The van der Waals surface area contributed by atoms with Crippen LogP contribution < -0.4 is 4.90 Å². The molecule has 120 valence electrons. The predicted octanol–water partition coefficient (Wildman–Crippen LogP) is 3.47. The fraction of sp³-hybridized carbons (Fsp3) is 0.500. The fourth-order valence-electron chi connectivity index (χ4n) is 3.38. The van der Waals surface area contributed by atoms with E-state index in [4.69, 9.17) is 5.10 Å². The molecule has 0 amide bonds. The second kappa shape index (κ2) is 6.82. The maximum atomic E-state index is 9.50. The van der Waals surface area contributed by atoms with E-state index in [1.165, 1.54) is 18.4 Å². The minimum absolute atomic E-state index is 0.427. The summed E-state index contributed by atoms with van der Waals surface area (Å²) in [7, 11) is 0. The van der Waals surface area contributed by atoms with Gasteiger partial charge in [-0.2, -0.15) is 5.26 Å². The van der Waals surface area contributed by atoms with Crippen LogP contribution in [0.15, 0.2) is 24.3 Å². The van der Waals surface area contributed by atoms with Crippen LogP contribution in [0.2, 0.25) is 0 Å². The highest BCUT2D eigenvalue weighted by molar-refractivity contribution is 5.52. The SMILES string of the molecule is CCc1ccccc1-n1nc(C#N)c(N2CCCC[C@H]2CC)n1. The Morgan fingerprint density at radius 1 is 1.22 bits per heavy atom. The number of para-hydroxylation sites is 1. The molecule has 5 heteroatoms. The van der Waals surface area contributed by atoms with Crippen molar-refractivity contribution >= 4 is 5.82 Å². The number of anilines is 1. The van der Waals surface area contributed by atoms with Gasteiger partial charge in [0.1, 0.15) is 6.07 Å². The van der Waals surface area contributed by atoms with E-state index in [0.29, 0.717) is 11.7 Å². The van der Waals surface area contributed by atoms with Gasteiger partial charge in [-0.1, -0.05) is 32.0 Å². The lowest BCUT2D eigenvalue weighted by atomic mass is 10.00. The van der Waals surface area contributed by atoms with Gasteiger partial charge in [-0.25, -0.2) is 0 Å². The normalized spacial score (nSPS) is 18.0. The maximum absolute atomic E-state index is 9.50. The molecule has 1 aromatic heterocycles. The summed E-state index contributed by atoms with van der Waals surface area (Å²) < 4.78 is 0. The average molecular weight is 309 g/mol. The molecule has 5 nitrogen and oxygen atoms in total. The van der Waals surface area contributed by atoms with Gasteiger partial charge in [0.05, 0.1) is 5.69 Å². The van der Waals surface area contributed by atoms with Crippen LogP contribution in [0.5, 0.6) is 0 Å². The van der Waals surface area contributed by atoms with Crippen molar-refractivity contribution in [2.24, 2.45) is 0 Å². The van der Waals surface area contributed by atoms with Crippen molar-refractivity contribution in [2.45, 2.75) is 52.0 Å². The van der Waals surface area contributed by atoms with Gasteiger partial charge in [0.15, 0.2) is 5.82 Å². The molecule has 0 radical (unpaired) electrons. The molecule has 0 spiro atoms. The van der Waals surface area contributed by atoms with E-state index in [1.54, 1.807) is 4.80 Å². The number of aromatic nitrogens is 3. The number of piperidine rings is 1. The van der Waals surface area contributed by atoms with Crippen molar-refractivity contribution in [3.8, 4) is 11.8 Å². The molecule has 1 aromatic carbocycles. The molecule has 0 N–H and O–H groups in total. The van der Waals surface area contributed by atoms with Crippen LogP contribution in [0.4, 0.5) is 5.82 Å². The van der Waals surface area contributed by atoms with E-state index >= 15 is 0 Å². The van der Waals surface area contributed by atoms with E-state index in [9.17, 15) is 5.26 Å². The Bertz CT molecular complexity index is 712. The number of aryl methyl sites for hydroxylation is 1. The van der Waals surface area contributed by atoms with Gasteiger partial charge in [0, 0.05) is 12.6 Å². The van der Waals surface area contributed by atoms with E-state index < -0.39 is 0 Å². The van der Waals surface area contributed by atoms with Gasteiger partial charge in [-0.3, -0.25) is 0 Å². The molecule has 1 aliphatic rings. The smallest absolute Gasteiger partial charge is 0.207 e. The molecule has 0 aliphatic carbocycles. The fourth-order valence-corrected chi connectivity index (χ4v) is 3.38. The number of benzene rings is 1. The molecule has 1 fully saturated rings. The van der Waals surface area contributed by atoms with Gasteiger partial charge in [-0.15, -0.1) is 15.0 Å². The Balaban J connectivity index is 2.03. The second-order valence-electron chi connectivity index (χ2n) is 6.01. The average Bonchev–Trinajstić information content (AvgIpc) is 3.05. The number of rotatable bonds is 4. The van der Waals surface area contributed by atoms with Crippen LogP contribution in [0.25, 0.3) is 5.69 Å². The summed E-state index contributed by atoms with van der Waals surface area (Å²) in [5.41, 5.74) is 2.57. The molecule has 1 atom stereocenters. The zero-order chi connectivity index (χ0) is 16.2. The first-order valence-electron chi connectivity index (χ1n) is 8.50.